The molecule has 0 spiro atoms. The minimum Gasteiger partial charge on any atom is -0.256 e. The van der Waals surface area contributed by atoms with Gasteiger partial charge < -0.3 is 0 Å². The van der Waals surface area contributed by atoms with Gasteiger partial charge in [0, 0.05) is 11.1 Å². The molecule has 2 saturated carbocycles. The summed E-state index contributed by atoms with van der Waals surface area (Å²) in [6.07, 6.45) is 13.1. The van der Waals surface area contributed by atoms with Gasteiger partial charge in [0.05, 0.1) is 10.9 Å². The molecule has 10 rings (SSSR count). The molecule has 0 bridgehead atoms. The molecule has 0 radical (unpaired) electrons. The average Bonchev–Trinajstić information content (AvgIpc) is 3.72. The van der Waals surface area contributed by atoms with Crippen molar-refractivity contribution in [3.05, 3.63) is 180 Å². The Morgan fingerprint density at radius 1 is 0.533 bits per heavy atom. The van der Waals surface area contributed by atoms with Crippen LogP contribution in [0.3, 0.4) is 0 Å². The van der Waals surface area contributed by atoms with Crippen molar-refractivity contribution < 1.29 is 8.42 Å². The van der Waals surface area contributed by atoms with Gasteiger partial charge in [0.1, 0.15) is 11.9 Å². The van der Waals surface area contributed by atoms with E-state index < -0.39 is 30.0 Å². The Bertz CT molecular complexity index is 2760. The molecule has 0 amide bonds. The van der Waals surface area contributed by atoms with Crippen molar-refractivity contribution in [3.63, 3.8) is 0 Å². The van der Waals surface area contributed by atoms with Gasteiger partial charge in [-0.3, -0.25) is 4.99 Å². The molecule has 60 heavy (non-hydrogen) atoms. The van der Waals surface area contributed by atoms with E-state index in [4.69, 9.17) is 4.99 Å². The second-order valence-corrected chi connectivity index (χ2v) is 21.7. The van der Waals surface area contributed by atoms with Crippen molar-refractivity contribution in [2.24, 2.45) is 4.99 Å². The van der Waals surface area contributed by atoms with Crippen LogP contribution in [0.2, 0.25) is 0 Å². The highest BCUT2D eigenvalue weighted by molar-refractivity contribution is 7.89. The fourth-order valence-corrected chi connectivity index (χ4v) is 16.1. The predicted molar refractivity (Wildman–Crippen MR) is 252 cm³/mol. The van der Waals surface area contributed by atoms with Gasteiger partial charge in [-0.2, -0.15) is 0 Å². The average molecular weight is 825 g/mol. The molecule has 302 valence electrons. The van der Waals surface area contributed by atoms with Crippen LogP contribution in [0.5, 0.6) is 0 Å². The third-order valence-electron chi connectivity index (χ3n) is 13.4. The summed E-state index contributed by atoms with van der Waals surface area (Å²) in [6, 6.07) is 53.4. The van der Waals surface area contributed by atoms with Crippen LogP contribution in [0.25, 0.3) is 32.7 Å². The molecule has 6 heteroatoms. The molecule has 2 atom stereocenters. The number of amidine groups is 1. The van der Waals surface area contributed by atoms with E-state index >= 15 is 8.42 Å². The standard InChI is InChI=1S/C54H53N2O2PS/c1-38-30-34-45(35-31-38)60(57,58)56-53(42-22-8-3-9-23-42)52(41-20-6-2-7-21-41)55-54(56)48-36-32-39-18-14-16-28-46(39)50(48)51-47-29-17-15-19-40(47)33-37-49(51)59(43-24-10-4-11-25-43)44-26-12-5-13-27-44/h2-3,6-9,14-23,28-37,43-44,52-53H,4-5,10-13,24-27H2,1H3/t52-,53-/m1/s1. The SMILES string of the molecule is Cc1ccc(S(=O)(=O)N2C(c3ccc4ccccc4c3-c3c(P(C4CCCCC4)C4CCCCC4)ccc4ccccc34)=N[C@H](c3ccccc3)[C@H]2c2ccccc2)cc1. The predicted octanol–water partition coefficient (Wildman–Crippen LogP) is 13.7. The Morgan fingerprint density at radius 3 is 1.65 bits per heavy atom. The molecule has 1 aliphatic heterocycles. The molecule has 3 aliphatic rings. The van der Waals surface area contributed by atoms with Gasteiger partial charge in [-0.05, 0) is 106 Å². The smallest absolute Gasteiger partial charge is 0.256 e. The number of benzene rings is 7. The Labute approximate surface area is 357 Å². The summed E-state index contributed by atoms with van der Waals surface area (Å²) in [6.45, 7) is 2.00. The van der Waals surface area contributed by atoms with Crippen LogP contribution in [0.15, 0.2) is 168 Å². The zero-order valence-electron chi connectivity index (χ0n) is 34.5. The van der Waals surface area contributed by atoms with E-state index in [0.29, 0.717) is 17.2 Å². The van der Waals surface area contributed by atoms with Crippen LogP contribution >= 0.6 is 7.92 Å². The summed E-state index contributed by atoms with van der Waals surface area (Å²) in [5.74, 6) is 0.498. The maximum atomic E-state index is 15.7. The van der Waals surface area contributed by atoms with Crippen molar-refractivity contribution in [1.82, 2.24) is 4.31 Å². The maximum Gasteiger partial charge on any atom is 0.266 e. The third kappa shape index (κ3) is 7.18. The zero-order chi connectivity index (χ0) is 40.6. The molecular formula is C54H53N2O2PS. The first kappa shape index (κ1) is 39.1. The van der Waals surface area contributed by atoms with Gasteiger partial charge in [0.15, 0.2) is 0 Å². The Morgan fingerprint density at radius 2 is 1.05 bits per heavy atom. The second kappa shape index (κ2) is 16.8. The first-order valence-corrected chi connectivity index (χ1v) is 25.0. The number of sulfonamides is 1. The molecule has 1 heterocycles. The highest BCUT2D eigenvalue weighted by atomic mass is 32.2. The molecule has 7 aromatic carbocycles. The number of rotatable bonds is 9. The van der Waals surface area contributed by atoms with Crippen molar-refractivity contribution in [2.45, 2.75) is 99.4 Å². The molecule has 2 fully saturated rings. The number of nitrogens with zero attached hydrogens (tertiary/aromatic N) is 2. The normalized spacial score (nSPS) is 19.3. The summed E-state index contributed by atoms with van der Waals surface area (Å²) in [4.78, 5) is 5.94. The van der Waals surface area contributed by atoms with Crippen LogP contribution in [0, 0.1) is 6.92 Å². The van der Waals surface area contributed by atoms with Crippen molar-refractivity contribution in [3.8, 4) is 11.1 Å². The van der Waals surface area contributed by atoms with Gasteiger partial charge in [-0.15, -0.1) is 0 Å². The Kier molecular flexibility index (Phi) is 10.9. The lowest BCUT2D eigenvalue weighted by Gasteiger charge is -2.40. The summed E-state index contributed by atoms with van der Waals surface area (Å²) in [5.41, 5.74) is 7.51. The van der Waals surface area contributed by atoms with E-state index in [1.807, 2.05) is 55.5 Å². The summed E-state index contributed by atoms with van der Waals surface area (Å²) in [7, 11) is -4.66. The fourth-order valence-electron chi connectivity index (χ4n) is 10.5. The van der Waals surface area contributed by atoms with Crippen molar-refractivity contribution in [2.75, 3.05) is 0 Å². The Hall–Kier alpha value is -5.09. The molecule has 2 aliphatic carbocycles. The van der Waals surface area contributed by atoms with E-state index in [0.717, 1.165) is 38.6 Å². The van der Waals surface area contributed by atoms with Crippen LogP contribution in [-0.4, -0.2) is 29.9 Å². The van der Waals surface area contributed by atoms with Crippen molar-refractivity contribution in [1.29, 1.82) is 0 Å². The molecule has 0 N–H and O–H groups in total. The number of aliphatic imine (C=N–C) groups is 1. The maximum absolute atomic E-state index is 15.7. The number of aryl methyl sites for hydroxylation is 1. The van der Waals surface area contributed by atoms with E-state index in [2.05, 4.69) is 97.1 Å². The van der Waals surface area contributed by atoms with Gasteiger partial charge in [-0.25, -0.2) is 12.7 Å². The van der Waals surface area contributed by atoms with Crippen LogP contribution in [-0.2, 0) is 10.0 Å². The second-order valence-electron chi connectivity index (χ2n) is 17.2. The number of fused-ring (bicyclic) bond motifs is 2. The molecule has 0 saturated heterocycles. The van der Waals surface area contributed by atoms with Gasteiger partial charge in [-0.1, -0.05) is 192 Å². The minimum absolute atomic E-state index is 0.266. The lowest BCUT2D eigenvalue weighted by atomic mass is 9.89. The number of hydrogen-bond donors (Lipinski definition) is 0. The third-order valence-corrected chi connectivity index (χ3v) is 18.7. The molecular weight excluding hydrogens is 772 g/mol. The zero-order valence-corrected chi connectivity index (χ0v) is 36.2. The van der Waals surface area contributed by atoms with E-state index in [-0.39, 0.29) is 4.90 Å². The van der Waals surface area contributed by atoms with Gasteiger partial charge in [0.2, 0.25) is 0 Å². The number of hydrogen-bond acceptors (Lipinski definition) is 3. The lowest BCUT2D eigenvalue weighted by molar-refractivity contribution is 0.420. The highest BCUT2D eigenvalue weighted by Crippen LogP contribution is 2.58. The quantitative estimate of drug-likeness (QED) is 0.136. The van der Waals surface area contributed by atoms with Crippen LogP contribution in [0.1, 0.15) is 98.5 Å². The summed E-state index contributed by atoms with van der Waals surface area (Å²) < 4.78 is 33.0. The van der Waals surface area contributed by atoms with E-state index in [1.165, 1.54) is 85.8 Å². The topological polar surface area (TPSA) is 49.7 Å². The summed E-state index contributed by atoms with van der Waals surface area (Å²) in [5, 5.41) is 6.20. The molecule has 0 aromatic heterocycles. The van der Waals surface area contributed by atoms with Gasteiger partial charge >= 0.3 is 0 Å². The monoisotopic (exact) mass is 824 g/mol. The first-order valence-electron chi connectivity index (χ1n) is 22.1. The molecule has 7 aromatic rings. The minimum atomic E-state index is -4.14. The first-order chi connectivity index (χ1) is 29.5. The van der Waals surface area contributed by atoms with E-state index in [1.54, 1.807) is 16.4 Å². The lowest BCUT2D eigenvalue weighted by Crippen LogP contribution is -2.38. The highest BCUT2D eigenvalue weighted by Gasteiger charge is 2.47. The van der Waals surface area contributed by atoms with Gasteiger partial charge in [0.25, 0.3) is 10.0 Å². The molecule has 0 unspecified atom stereocenters. The van der Waals surface area contributed by atoms with Crippen molar-refractivity contribution >= 4 is 50.6 Å². The largest absolute Gasteiger partial charge is 0.266 e. The Balaban J connectivity index is 1.29. The van der Waals surface area contributed by atoms with Crippen LogP contribution in [0.4, 0.5) is 0 Å². The summed E-state index contributed by atoms with van der Waals surface area (Å²) >= 11 is 0. The van der Waals surface area contributed by atoms with E-state index in [9.17, 15) is 0 Å². The fraction of sp³-hybridized carbons (Fsp3) is 0.278. The molecule has 4 nitrogen and oxygen atoms in total. The van der Waals surface area contributed by atoms with Crippen LogP contribution < -0.4 is 5.30 Å².